The van der Waals surface area contributed by atoms with Crippen LogP contribution in [0.4, 0.5) is 5.82 Å². The third kappa shape index (κ3) is 3.00. The minimum atomic E-state index is -0.120. The zero-order valence-electron chi connectivity index (χ0n) is 16.0. The van der Waals surface area contributed by atoms with Crippen LogP contribution in [0.5, 0.6) is 0 Å². The summed E-state index contributed by atoms with van der Waals surface area (Å²) < 4.78 is 0. The van der Waals surface area contributed by atoms with Gasteiger partial charge in [0.15, 0.2) is 6.17 Å². The highest BCUT2D eigenvalue weighted by Gasteiger charge is 2.32. The molecule has 7 nitrogen and oxygen atoms in total. The van der Waals surface area contributed by atoms with E-state index < -0.39 is 0 Å². The van der Waals surface area contributed by atoms with Gasteiger partial charge in [0.1, 0.15) is 17.7 Å². The molecule has 0 saturated carbocycles. The van der Waals surface area contributed by atoms with Crippen molar-refractivity contribution < 1.29 is 0 Å². The molecule has 2 N–H and O–H groups in total. The van der Waals surface area contributed by atoms with Gasteiger partial charge in [0.2, 0.25) is 0 Å². The first-order chi connectivity index (χ1) is 13.8. The monoisotopic (exact) mass is 375 g/mol. The van der Waals surface area contributed by atoms with E-state index in [9.17, 15) is 0 Å². The molecule has 0 amide bonds. The highest BCUT2D eigenvalue weighted by Crippen LogP contribution is 2.34. The molecule has 0 radical (unpaired) electrons. The lowest BCUT2D eigenvalue weighted by atomic mass is 10.0. The van der Waals surface area contributed by atoms with Crippen molar-refractivity contribution >= 4 is 35.2 Å². The highest BCUT2D eigenvalue weighted by molar-refractivity contribution is 6.00. The van der Waals surface area contributed by atoms with Gasteiger partial charge in [0, 0.05) is 24.0 Å². The maximum absolute atomic E-state index is 5.11. The fourth-order valence-corrected chi connectivity index (χ4v) is 4.20. The highest BCUT2D eigenvalue weighted by atomic mass is 15.3. The summed E-state index contributed by atoms with van der Waals surface area (Å²) in [6.45, 7) is 4.32. The van der Waals surface area contributed by atoms with Gasteiger partial charge in [-0.3, -0.25) is 4.99 Å². The SMILES string of the molecule is CCC(N=C1NC=NC2N=CNC12)c1cc2ccccc2nc1N1CCCC1. The zero-order chi connectivity index (χ0) is 18.9. The van der Waals surface area contributed by atoms with E-state index in [1.807, 2.05) is 0 Å². The Hall–Kier alpha value is -2.96. The smallest absolute Gasteiger partial charge is 0.170 e. The summed E-state index contributed by atoms with van der Waals surface area (Å²) >= 11 is 0. The quantitative estimate of drug-likeness (QED) is 0.861. The molecule has 1 aromatic heterocycles. The van der Waals surface area contributed by atoms with Crippen molar-refractivity contribution in [1.82, 2.24) is 15.6 Å². The first-order valence-corrected chi connectivity index (χ1v) is 10.1. The number of rotatable bonds is 4. The number of hydrogen-bond acceptors (Lipinski definition) is 6. The van der Waals surface area contributed by atoms with Gasteiger partial charge in [-0.05, 0) is 31.4 Å². The topological polar surface area (TPSA) is 77.3 Å². The van der Waals surface area contributed by atoms with E-state index in [-0.39, 0.29) is 18.2 Å². The van der Waals surface area contributed by atoms with Gasteiger partial charge >= 0.3 is 0 Å². The van der Waals surface area contributed by atoms with E-state index in [1.54, 1.807) is 12.7 Å². The Kier molecular flexibility index (Phi) is 4.43. The van der Waals surface area contributed by atoms with E-state index in [4.69, 9.17) is 9.98 Å². The van der Waals surface area contributed by atoms with E-state index in [1.165, 1.54) is 18.4 Å². The van der Waals surface area contributed by atoms with Gasteiger partial charge in [-0.1, -0.05) is 25.1 Å². The Labute approximate surface area is 164 Å². The Morgan fingerprint density at radius 1 is 1.18 bits per heavy atom. The third-order valence-electron chi connectivity index (χ3n) is 5.69. The predicted molar refractivity (Wildman–Crippen MR) is 114 cm³/mol. The van der Waals surface area contributed by atoms with Gasteiger partial charge < -0.3 is 15.5 Å². The number of amidine groups is 1. The van der Waals surface area contributed by atoms with Crippen LogP contribution in [-0.4, -0.2) is 48.8 Å². The second-order valence-electron chi connectivity index (χ2n) is 7.49. The average Bonchev–Trinajstić information content (AvgIpc) is 3.43. The Morgan fingerprint density at radius 2 is 2.00 bits per heavy atom. The molecule has 3 aliphatic heterocycles. The molecule has 2 aromatic rings. The standard InChI is InChI=1S/C21H25N7/c1-2-16(26-20-18-19(23-12-22-18)24-13-25-20)15-11-14-7-3-4-8-17(14)27-21(15)28-9-5-6-10-28/h3-4,7-8,11-13,16,18-19H,2,5-6,9-10H2,1H3,(H,22,23)(H,24,25,26). The van der Waals surface area contributed by atoms with Crippen LogP contribution in [0.25, 0.3) is 10.9 Å². The molecular weight excluding hydrogens is 350 g/mol. The zero-order valence-corrected chi connectivity index (χ0v) is 16.0. The number of nitrogens with one attached hydrogen (secondary N) is 2. The number of para-hydroxylation sites is 1. The maximum atomic E-state index is 5.11. The van der Waals surface area contributed by atoms with Crippen LogP contribution in [0.1, 0.15) is 37.8 Å². The second-order valence-corrected chi connectivity index (χ2v) is 7.49. The molecule has 1 fully saturated rings. The molecule has 1 aromatic carbocycles. The van der Waals surface area contributed by atoms with E-state index >= 15 is 0 Å². The van der Waals surface area contributed by atoms with Crippen molar-refractivity contribution in [2.45, 2.75) is 44.4 Å². The predicted octanol–water partition coefficient (Wildman–Crippen LogP) is 2.64. The molecule has 5 rings (SSSR count). The van der Waals surface area contributed by atoms with Crippen LogP contribution in [0, 0.1) is 0 Å². The first-order valence-electron chi connectivity index (χ1n) is 10.1. The number of pyridine rings is 1. The van der Waals surface area contributed by atoms with Crippen molar-refractivity contribution in [2.75, 3.05) is 18.0 Å². The van der Waals surface area contributed by atoms with E-state index in [0.717, 1.165) is 42.1 Å². The van der Waals surface area contributed by atoms with Crippen molar-refractivity contribution in [2.24, 2.45) is 15.0 Å². The van der Waals surface area contributed by atoms with Gasteiger partial charge in [-0.2, -0.15) is 0 Å². The molecule has 7 heteroatoms. The van der Waals surface area contributed by atoms with Crippen LogP contribution in [0.3, 0.4) is 0 Å². The lowest BCUT2D eigenvalue weighted by molar-refractivity contribution is 0.617. The molecular formula is C21H25N7. The average molecular weight is 375 g/mol. The van der Waals surface area contributed by atoms with Gasteiger partial charge in [0.25, 0.3) is 0 Å². The normalized spacial score (nSPS) is 25.8. The molecule has 0 bridgehead atoms. The van der Waals surface area contributed by atoms with Crippen molar-refractivity contribution in [3.8, 4) is 0 Å². The molecule has 0 aliphatic carbocycles. The number of anilines is 1. The van der Waals surface area contributed by atoms with Crippen molar-refractivity contribution in [3.05, 3.63) is 35.9 Å². The minimum Gasteiger partial charge on any atom is -0.363 e. The largest absolute Gasteiger partial charge is 0.363 e. The lowest BCUT2D eigenvalue weighted by Gasteiger charge is -2.26. The number of benzene rings is 1. The summed E-state index contributed by atoms with van der Waals surface area (Å²) in [5.41, 5.74) is 2.25. The maximum Gasteiger partial charge on any atom is 0.170 e. The molecule has 144 valence electrons. The third-order valence-corrected chi connectivity index (χ3v) is 5.69. The van der Waals surface area contributed by atoms with Gasteiger partial charge in [0.05, 0.1) is 24.2 Å². The molecule has 28 heavy (non-hydrogen) atoms. The van der Waals surface area contributed by atoms with Crippen LogP contribution in [-0.2, 0) is 0 Å². The summed E-state index contributed by atoms with van der Waals surface area (Å²) in [7, 11) is 0. The number of nitrogens with zero attached hydrogens (tertiary/aromatic N) is 5. The lowest BCUT2D eigenvalue weighted by Crippen LogP contribution is -2.49. The Bertz CT molecular complexity index is 958. The minimum absolute atomic E-state index is 0.0114. The molecule has 4 heterocycles. The van der Waals surface area contributed by atoms with Crippen molar-refractivity contribution in [3.63, 3.8) is 0 Å². The van der Waals surface area contributed by atoms with Crippen LogP contribution in [0.15, 0.2) is 45.3 Å². The van der Waals surface area contributed by atoms with Crippen LogP contribution in [0.2, 0.25) is 0 Å². The fraction of sp³-hybridized carbons (Fsp3) is 0.429. The van der Waals surface area contributed by atoms with Gasteiger partial charge in [-0.25, -0.2) is 15.0 Å². The Morgan fingerprint density at radius 3 is 2.86 bits per heavy atom. The number of aromatic nitrogens is 1. The van der Waals surface area contributed by atoms with E-state index in [2.05, 4.69) is 62.8 Å². The molecule has 3 aliphatic rings. The molecule has 0 spiro atoms. The first kappa shape index (κ1) is 17.2. The molecule has 3 atom stereocenters. The summed E-state index contributed by atoms with van der Waals surface area (Å²) in [6, 6.07) is 10.6. The van der Waals surface area contributed by atoms with Gasteiger partial charge in [-0.15, -0.1) is 0 Å². The number of hydrogen-bond donors (Lipinski definition) is 2. The molecule has 1 saturated heterocycles. The number of fused-ring (bicyclic) bond motifs is 2. The summed E-state index contributed by atoms with van der Waals surface area (Å²) in [6.07, 6.45) is 6.66. The van der Waals surface area contributed by atoms with Crippen molar-refractivity contribution in [1.29, 1.82) is 0 Å². The number of aliphatic imine (C=N–C) groups is 3. The summed E-state index contributed by atoms with van der Waals surface area (Å²) in [5.74, 6) is 1.98. The van der Waals surface area contributed by atoms with E-state index in [0.29, 0.717) is 0 Å². The summed E-state index contributed by atoms with van der Waals surface area (Å²) in [4.78, 5) is 21.3. The molecule has 3 unspecified atom stereocenters. The van der Waals surface area contributed by atoms with Crippen LogP contribution >= 0.6 is 0 Å². The second kappa shape index (κ2) is 7.22. The fourth-order valence-electron chi connectivity index (χ4n) is 4.20. The Balaban J connectivity index is 1.58. The summed E-state index contributed by atoms with van der Waals surface area (Å²) in [5, 5.41) is 7.66. The van der Waals surface area contributed by atoms with Crippen LogP contribution < -0.4 is 15.5 Å².